The van der Waals surface area contributed by atoms with E-state index in [0.29, 0.717) is 5.70 Å². The molecule has 0 unspecified atom stereocenters. The number of aryl methyl sites for hydroxylation is 3. The highest BCUT2D eigenvalue weighted by molar-refractivity contribution is 6.13. The average Bonchev–Trinajstić information content (AvgIpc) is 2.51. The Labute approximate surface area is 100 Å². The lowest BCUT2D eigenvalue weighted by molar-refractivity contribution is -0.115. The van der Waals surface area contributed by atoms with Crippen LogP contribution in [0.3, 0.4) is 0 Å². The first kappa shape index (κ1) is 11.4. The van der Waals surface area contributed by atoms with Crippen molar-refractivity contribution in [3.8, 4) is 0 Å². The number of carbonyl (C=O) groups excluding carboxylic acids is 1. The molecule has 1 aromatic carbocycles. The first-order valence-corrected chi connectivity index (χ1v) is 5.42. The Bertz CT molecular complexity index is 533. The van der Waals surface area contributed by atoms with E-state index in [0.717, 1.165) is 16.7 Å². The van der Waals surface area contributed by atoms with Crippen molar-refractivity contribution in [3.05, 3.63) is 40.1 Å². The van der Waals surface area contributed by atoms with E-state index < -0.39 is 0 Å². The molecular weight excluding hydrogens is 214 g/mol. The summed E-state index contributed by atoms with van der Waals surface area (Å²) in [5, 5.41) is 2.46. The molecule has 17 heavy (non-hydrogen) atoms. The molecule has 0 aromatic heterocycles. The Hall–Kier alpha value is -2.10. The van der Waals surface area contributed by atoms with Gasteiger partial charge in [-0.1, -0.05) is 17.7 Å². The highest BCUT2D eigenvalue weighted by Gasteiger charge is 2.18. The van der Waals surface area contributed by atoms with Crippen molar-refractivity contribution >= 4 is 17.9 Å². The predicted molar refractivity (Wildman–Crippen MR) is 68.4 cm³/mol. The van der Waals surface area contributed by atoms with E-state index in [1.807, 2.05) is 13.8 Å². The summed E-state index contributed by atoms with van der Waals surface area (Å²) >= 11 is 0. The molecule has 1 aliphatic heterocycles. The van der Waals surface area contributed by atoms with Gasteiger partial charge >= 0.3 is 0 Å². The molecule has 1 aliphatic rings. The number of carbonyl (C=O) groups is 1. The Morgan fingerprint density at radius 3 is 2.29 bits per heavy atom. The first-order chi connectivity index (χ1) is 7.97. The molecule has 0 atom stereocenters. The minimum absolute atomic E-state index is 0.156. The molecule has 1 amide bonds. The summed E-state index contributed by atoms with van der Waals surface area (Å²) < 4.78 is 0. The van der Waals surface area contributed by atoms with E-state index in [1.165, 1.54) is 5.56 Å². The lowest BCUT2D eigenvalue weighted by Crippen LogP contribution is -2.30. The van der Waals surface area contributed by atoms with Gasteiger partial charge in [0.15, 0.2) is 0 Å². The van der Waals surface area contributed by atoms with Gasteiger partial charge in [-0.05, 0) is 43.5 Å². The molecule has 0 saturated carbocycles. The Balaban J connectivity index is 2.50. The smallest absolute Gasteiger partial charge is 0.276 e. The number of aliphatic imine (C=N–C) groups is 1. The topological polar surface area (TPSA) is 67.5 Å². The van der Waals surface area contributed by atoms with Crippen LogP contribution in [-0.4, -0.2) is 11.9 Å². The van der Waals surface area contributed by atoms with Crippen LogP contribution in [0.25, 0.3) is 6.08 Å². The number of nitrogens with two attached hydrogens (primary N) is 1. The van der Waals surface area contributed by atoms with E-state index in [4.69, 9.17) is 5.73 Å². The van der Waals surface area contributed by atoms with Gasteiger partial charge in [0.25, 0.3) is 5.91 Å². The molecule has 0 aliphatic carbocycles. The van der Waals surface area contributed by atoms with Crippen LogP contribution in [0.1, 0.15) is 22.3 Å². The summed E-state index contributed by atoms with van der Waals surface area (Å²) in [6, 6.07) is 4.17. The summed E-state index contributed by atoms with van der Waals surface area (Å²) in [5.41, 5.74) is 10.3. The van der Waals surface area contributed by atoms with E-state index in [9.17, 15) is 4.79 Å². The Morgan fingerprint density at radius 2 is 1.82 bits per heavy atom. The number of nitrogens with zero attached hydrogens (tertiary/aromatic N) is 1. The fourth-order valence-electron chi connectivity index (χ4n) is 2.04. The molecule has 0 fully saturated rings. The lowest BCUT2D eigenvalue weighted by Gasteiger charge is -2.07. The maximum atomic E-state index is 11.5. The number of hydrogen-bond donors (Lipinski definition) is 2. The van der Waals surface area contributed by atoms with Gasteiger partial charge in [0, 0.05) is 0 Å². The molecule has 88 valence electrons. The zero-order valence-corrected chi connectivity index (χ0v) is 10.2. The summed E-state index contributed by atoms with van der Waals surface area (Å²) in [4.78, 5) is 15.5. The third-order valence-corrected chi connectivity index (χ3v) is 2.73. The minimum atomic E-state index is -0.248. The second kappa shape index (κ2) is 4.05. The number of guanidine groups is 1. The number of amides is 1. The van der Waals surface area contributed by atoms with Gasteiger partial charge in [0.2, 0.25) is 5.96 Å². The minimum Gasteiger partial charge on any atom is -0.369 e. The SMILES string of the molecule is Cc1cc(C)c(/C=C2/N=C(N)NC2=O)c(C)c1. The molecule has 0 spiro atoms. The third kappa shape index (κ3) is 2.20. The van der Waals surface area contributed by atoms with Gasteiger partial charge in [0.05, 0.1) is 0 Å². The summed E-state index contributed by atoms with van der Waals surface area (Å²) in [6.45, 7) is 6.09. The van der Waals surface area contributed by atoms with Gasteiger partial charge < -0.3 is 5.73 Å². The molecule has 4 nitrogen and oxygen atoms in total. The average molecular weight is 229 g/mol. The van der Waals surface area contributed by atoms with Crippen molar-refractivity contribution in [3.63, 3.8) is 0 Å². The molecule has 1 heterocycles. The number of rotatable bonds is 1. The molecule has 0 bridgehead atoms. The molecule has 4 heteroatoms. The van der Waals surface area contributed by atoms with E-state index in [1.54, 1.807) is 6.08 Å². The molecule has 0 radical (unpaired) electrons. The van der Waals surface area contributed by atoms with Gasteiger partial charge in [-0.25, -0.2) is 4.99 Å². The van der Waals surface area contributed by atoms with Crippen LogP contribution in [0.4, 0.5) is 0 Å². The van der Waals surface area contributed by atoms with Crippen LogP contribution < -0.4 is 11.1 Å². The van der Waals surface area contributed by atoms with Crippen LogP contribution in [0.2, 0.25) is 0 Å². The van der Waals surface area contributed by atoms with E-state index in [-0.39, 0.29) is 11.9 Å². The second-order valence-corrected chi connectivity index (χ2v) is 4.29. The summed E-state index contributed by atoms with van der Waals surface area (Å²) in [7, 11) is 0. The van der Waals surface area contributed by atoms with Crippen LogP contribution in [0.5, 0.6) is 0 Å². The maximum Gasteiger partial charge on any atom is 0.276 e. The fraction of sp³-hybridized carbons (Fsp3) is 0.231. The Morgan fingerprint density at radius 1 is 1.24 bits per heavy atom. The number of nitrogens with one attached hydrogen (secondary N) is 1. The first-order valence-electron chi connectivity index (χ1n) is 5.42. The van der Waals surface area contributed by atoms with Crippen molar-refractivity contribution in [2.75, 3.05) is 0 Å². The largest absolute Gasteiger partial charge is 0.369 e. The van der Waals surface area contributed by atoms with E-state index >= 15 is 0 Å². The van der Waals surface area contributed by atoms with Crippen LogP contribution in [-0.2, 0) is 4.79 Å². The molecule has 2 rings (SSSR count). The van der Waals surface area contributed by atoms with Gasteiger partial charge in [-0.15, -0.1) is 0 Å². The highest BCUT2D eigenvalue weighted by Crippen LogP contribution is 2.20. The number of benzene rings is 1. The number of hydrogen-bond acceptors (Lipinski definition) is 3. The third-order valence-electron chi connectivity index (χ3n) is 2.73. The fourth-order valence-corrected chi connectivity index (χ4v) is 2.04. The van der Waals surface area contributed by atoms with Gasteiger partial charge in [0.1, 0.15) is 5.70 Å². The zero-order valence-electron chi connectivity index (χ0n) is 10.2. The van der Waals surface area contributed by atoms with Crippen molar-refractivity contribution < 1.29 is 4.79 Å². The van der Waals surface area contributed by atoms with Crippen molar-refractivity contribution in [2.45, 2.75) is 20.8 Å². The van der Waals surface area contributed by atoms with Gasteiger partial charge in [-0.2, -0.15) is 0 Å². The molecular formula is C13H15N3O. The van der Waals surface area contributed by atoms with E-state index in [2.05, 4.69) is 29.4 Å². The highest BCUT2D eigenvalue weighted by atomic mass is 16.2. The molecule has 3 N–H and O–H groups in total. The lowest BCUT2D eigenvalue weighted by atomic mass is 9.99. The predicted octanol–water partition coefficient (Wildman–Crippen LogP) is 1.40. The summed E-state index contributed by atoms with van der Waals surface area (Å²) in [6.07, 6.45) is 1.78. The molecule has 1 aromatic rings. The second-order valence-electron chi connectivity index (χ2n) is 4.29. The maximum absolute atomic E-state index is 11.5. The van der Waals surface area contributed by atoms with Crippen molar-refractivity contribution in [1.29, 1.82) is 0 Å². The van der Waals surface area contributed by atoms with Crippen molar-refractivity contribution in [2.24, 2.45) is 10.7 Å². The van der Waals surface area contributed by atoms with Crippen LogP contribution in [0.15, 0.2) is 22.8 Å². The monoisotopic (exact) mass is 229 g/mol. The molecule has 0 saturated heterocycles. The quantitative estimate of drug-likeness (QED) is 0.715. The van der Waals surface area contributed by atoms with Crippen LogP contribution >= 0.6 is 0 Å². The van der Waals surface area contributed by atoms with Crippen LogP contribution in [0, 0.1) is 20.8 Å². The zero-order chi connectivity index (χ0) is 12.6. The standard InChI is InChI=1S/C13H15N3O/c1-7-4-8(2)10(9(3)5-7)6-11-12(17)16-13(14)15-11/h4-6H,1-3H3,(H3,14,15,16,17)/b11-6+. The normalized spacial score (nSPS) is 17.2. The van der Waals surface area contributed by atoms with Gasteiger partial charge in [-0.3, -0.25) is 10.1 Å². The Kier molecular flexibility index (Phi) is 2.71. The summed E-state index contributed by atoms with van der Waals surface area (Å²) in [5.74, 6) is -0.0921. The van der Waals surface area contributed by atoms with Crippen molar-refractivity contribution in [1.82, 2.24) is 5.32 Å².